The number of aromatic hydroxyl groups is 1. The molecule has 0 saturated heterocycles. The van der Waals surface area contributed by atoms with Crippen LogP contribution in [0.1, 0.15) is 13.2 Å². The number of rotatable bonds is 0. The summed E-state index contributed by atoms with van der Waals surface area (Å²) in [6.45, 7) is 0. The fraction of sp³-hybridized carbons (Fsp3) is 0.333. The Morgan fingerprint density at radius 2 is 1.91 bits per heavy atom. The highest BCUT2D eigenvalue weighted by atomic mass is 19.4. The van der Waals surface area contributed by atoms with Crippen molar-refractivity contribution in [2.24, 2.45) is 0 Å². The van der Waals surface area contributed by atoms with Crippen molar-refractivity contribution in [2.75, 3.05) is 0 Å². The lowest BCUT2D eigenvalue weighted by Gasteiger charge is -2.00. The minimum atomic E-state index is -4.60. The minimum absolute atomic E-state index is 0. The zero-order valence-electron chi connectivity index (χ0n) is 4.64. The molecule has 0 amide bonds. The highest BCUT2D eigenvalue weighted by Crippen LogP contribution is 2.35. The van der Waals surface area contributed by atoms with Crippen LogP contribution in [0.4, 0.5) is 13.2 Å². The first kappa shape index (κ1) is 9.87. The van der Waals surface area contributed by atoms with E-state index in [1.54, 1.807) is 0 Å². The Morgan fingerprint density at radius 3 is 2.09 bits per heavy atom. The summed E-state index contributed by atoms with van der Waals surface area (Å²) < 4.78 is 38.8. The summed E-state index contributed by atoms with van der Waals surface area (Å²) in [7, 11) is 0. The van der Waals surface area contributed by atoms with Crippen molar-refractivity contribution in [1.82, 2.24) is 0 Å². The van der Waals surface area contributed by atoms with E-state index in [1.807, 2.05) is 0 Å². The molecule has 64 valence electrons. The van der Waals surface area contributed by atoms with Gasteiger partial charge in [0.1, 0.15) is 0 Å². The number of furan rings is 1. The van der Waals surface area contributed by atoms with E-state index in [0.717, 1.165) is 12.3 Å². The lowest BCUT2D eigenvalue weighted by molar-refractivity contribution is -0.154. The average Bonchev–Trinajstić information content (AvgIpc) is 2.11. The van der Waals surface area contributed by atoms with E-state index in [9.17, 15) is 13.2 Å². The Kier molecular flexibility index (Phi) is 2.56. The smallest absolute Gasteiger partial charge is 0.453 e. The van der Waals surface area contributed by atoms with E-state index in [4.69, 9.17) is 5.11 Å². The number of alkyl halides is 3. The molecule has 1 aromatic rings. The molecule has 0 aliphatic rings. The van der Waals surface area contributed by atoms with Crippen molar-refractivity contribution in [3.8, 4) is 5.75 Å². The summed E-state index contributed by atoms with van der Waals surface area (Å²) in [5.41, 5.74) is 0. The van der Waals surface area contributed by atoms with Crippen molar-refractivity contribution in [3.63, 3.8) is 0 Å². The molecule has 0 unspecified atom stereocenters. The molecule has 1 N–H and O–H groups in total. The lowest BCUT2D eigenvalue weighted by atomic mass is 10.4. The Morgan fingerprint density at radius 1 is 1.36 bits per heavy atom. The maximum Gasteiger partial charge on any atom is 0.453 e. The van der Waals surface area contributed by atoms with Crippen LogP contribution in [-0.2, 0) is 6.18 Å². The standard InChI is InChI=1S/C5H3F3O2.CH4/c6-5(7,8)4-3(9)1-2-10-4;/h1-2,9H;1H4. The third-order valence-electron chi connectivity index (χ3n) is 0.902. The molecule has 0 saturated carbocycles. The fourth-order valence-electron chi connectivity index (χ4n) is 0.515. The Balaban J connectivity index is 0.000001000. The van der Waals surface area contributed by atoms with Gasteiger partial charge in [0.05, 0.1) is 6.26 Å². The molecule has 0 aliphatic carbocycles. The highest BCUT2D eigenvalue weighted by Gasteiger charge is 2.37. The summed E-state index contributed by atoms with van der Waals surface area (Å²) in [5, 5.41) is 8.47. The van der Waals surface area contributed by atoms with Crippen LogP contribution in [0.3, 0.4) is 0 Å². The van der Waals surface area contributed by atoms with Gasteiger partial charge in [0.25, 0.3) is 0 Å². The molecule has 1 rings (SSSR count). The number of halogens is 3. The molecule has 2 nitrogen and oxygen atoms in total. The quantitative estimate of drug-likeness (QED) is 0.645. The maximum atomic E-state index is 11.6. The zero-order chi connectivity index (χ0) is 7.78. The van der Waals surface area contributed by atoms with Gasteiger partial charge in [-0.05, 0) is 0 Å². The van der Waals surface area contributed by atoms with Crippen LogP contribution in [0.25, 0.3) is 0 Å². The molecule has 0 fully saturated rings. The van der Waals surface area contributed by atoms with Crippen LogP contribution in [0.2, 0.25) is 0 Å². The van der Waals surface area contributed by atoms with Gasteiger partial charge in [-0.3, -0.25) is 0 Å². The molecule has 0 aromatic carbocycles. The van der Waals surface area contributed by atoms with Gasteiger partial charge in [-0.2, -0.15) is 13.2 Å². The normalized spacial score (nSPS) is 10.8. The van der Waals surface area contributed by atoms with Crippen molar-refractivity contribution in [3.05, 3.63) is 18.1 Å². The highest BCUT2D eigenvalue weighted by molar-refractivity contribution is 5.24. The van der Waals surface area contributed by atoms with E-state index in [1.165, 1.54) is 0 Å². The molecule has 11 heavy (non-hydrogen) atoms. The Labute approximate surface area is 61.3 Å². The third-order valence-corrected chi connectivity index (χ3v) is 0.902. The molecule has 0 aliphatic heterocycles. The van der Waals surface area contributed by atoms with Gasteiger partial charge in [-0.25, -0.2) is 0 Å². The summed E-state index contributed by atoms with van der Waals surface area (Å²) in [5.74, 6) is -2.24. The van der Waals surface area contributed by atoms with Gasteiger partial charge in [0.2, 0.25) is 5.76 Å². The zero-order valence-corrected chi connectivity index (χ0v) is 4.64. The summed E-state index contributed by atoms with van der Waals surface area (Å²) >= 11 is 0. The van der Waals surface area contributed by atoms with Crippen molar-refractivity contribution in [1.29, 1.82) is 0 Å². The second-order valence-electron chi connectivity index (χ2n) is 1.63. The first-order valence-electron chi connectivity index (χ1n) is 2.35. The molecule has 5 heteroatoms. The van der Waals surface area contributed by atoms with Gasteiger partial charge in [0, 0.05) is 6.07 Å². The predicted octanol–water partition coefficient (Wildman–Crippen LogP) is 2.64. The van der Waals surface area contributed by atoms with Gasteiger partial charge in [-0.15, -0.1) is 0 Å². The SMILES string of the molecule is C.Oc1ccoc1C(F)(F)F. The van der Waals surface area contributed by atoms with E-state index in [-0.39, 0.29) is 7.43 Å². The third kappa shape index (κ3) is 1.89. The average molecular weight is 168 g/mol. The molecule has 0 radical (unpaired) electrons. The van der Waals surface area contributed by atoms with E-state index in [2.05, 4.69) is 4.42 Å². The molecule has 0 spiro atoms. The molecule has 0 atom stereocenters. The van der Waals surface area contributed by atoms with Crippen LogP contribution in [0, 0.1) is 0 Å². The molecule has 0 bridgehead atoms. The monoisotopic (exact) mass is 168 g/mol. The van der Waals surface area contributed by atoms with Crippen LogP contribution in [0.5, 0.6) is 5.75 Å². The van der Waals surface area contributed by atoms with Gasteiger partial charge in [0.15, 0.2) is 5.75 Å². The van der Waals surface area contributed by atoms with Crippen LogP contribution in [-0.4, -0.2) is 5.11 Å². The number of hydrogen-bond donors (Lipinski definition) is 1. The second-order valence-corrected chi connectivity index (χ2v) is 1.63. The van der Waals surface area contributed by atoms with E-state index >= 15 is 0 Å². The fourth-order valence-corrected chi connectivity index (χ4v) is 0.515. The van der Waals surface area contributed by atoms with Crippen molar-refractivity contribution in [2.45, 2.75) is 13.6 Å². The van der Waals surface area contributed by atoms with Gasteiger partial charge in [-0.1, -0.05) is 7.43 Å². The van der Waals surface area contributed by atoms with Crippen molar-refractivity contribution >= 4 is 0 Å². The largest absolute Gasteiger partial charge is 0.504 e. The molecule has 1 aromatic heterocycles. The van der Waals surface area contributed by atoms with Gasteiger partial charge < -0.3 is 9.52 Å². The second kappa shape index (κ2) is 2.86. The first-order chi connectivity index (χ1) is 4.52. The lowest BCUT2D eigenvalue weighted by Crippen LogP contribution is -2.02. The first-order valence-corrected chi connectivity index (χ1v) is 2.35. The van der Waals surface area contributed by atoms with E-state index in [0.29, 0.717) is 0 Å². The molecular formula is C6H7F3O2. The maximum absolute atomic E-state index is 11.6. The van der Waals surface area contributed by atoms with Crippen molar-refractivity contribution < 1.29 is 22.7 Å². The summed E-state index contributed by atoms with van der Waals surface area (Å²) in [6, 6.07) is 0.836. The predicted molar refractivity (Wildman–Crippen MR) is 32.1 cm³/mol. The Hall–Kier alpha value is -1.13. The number of hydrogen-bond acceptors (Lipinski definition) is 2. The summed E-state index contributed by atoms with van der Waals surface area (Å²) in [4.78, 5) is 0. The van der Waals surface area contributed by atoms with Crippen LogP contribution < -0.4 is 0 Å². The molecule has 1 heterocycles. The molecular weight excluding hydrogens is 161 g/mol. The van der Waals surface area contributed by atoms with Crippen LogP contribution >= 0.6 is 0 Å². The van der Waals surface area contributed by atoms with E-state index < -0.39 is 17.7 Å². The Bertz CT molecular complexity index is 226. The van der Waals surface area contributed by atoms with Gasteiger partial charge >= 0.3 is 6.18 Å². The van der Waals surface area contributed by atoms with Crippen LogP contribution in [0.15, 0.2) is 16.7 Å². The topological polar surface area (TPSA) is 33.4 Å². The summed E-state index contributed by atoms with van der Waals surface area (Å²) in [6.07, 6.45) is -3.83. The minimum Gasteiger partial charge on any atom is -0.504 e.